The van der Waals surface area contributed by atoms with Gasteiger partial charge in [-0.2, -0.15) is 0 Å². The van der Waals surface area contributed by atoms with Crippen LogP contribution >= 0.6 is 0 Å². The molecule has 1 amide bonds. The van der Waals surface area contributed by atoms with E-state index in [9.17, 15) is 4.79 Å². The lowest BCUT2D eigenvalue weighted by Gasteiger charge is -2.40. The van der Waals surface area contributed by atoms with Gasteiger partial charge in [0.15, 0.2) is 0 Å². The van der Waals surface area contributed by atoms with E-state index in [2.05, 4.69) is 5.32 Å². The molecule has 0 radical (unpaired) electrons. The minimum Gasteiger partial charge on any atom is -0.381 e. The molecule has 2 aliphatic heterocycles. The first-order chi connectivity index (χ1) is 6.69. The van der Waals surface area contributed by atoms with E-state index in [0.717, 1.165) is 32.6 Å². The zero-order valence-corrected chi connectivity index (χ0v) is 8.88. The molecule has 2 saturated heterocycles. The van der Waals surface area contributed by atoms with Crippen LogP contribution in [-0.4, -0.2) is 42.3 Å². The van der Waals surface area contributed by atoms with Gasteiger partial charge in [-0.05, 0) is 13.8 Å². The SMILES string of the molecule is CCN1C(=O)C(C)NC12CCOCC2. The molecule has 0 aromatic carbocycles. The lowest BCUT2D eigenvalue weighted by Crippen LogP contribution is -2.55. The molecule has 4 nitrogen and oxygen atoms in total. The summed E-state index contributed by atoms with van der Waals surface area (Å²) in [5, 5.41) is 3.42. The Morgan fingerprint density at radius 1 is 1.57 bits per heavy atom. The summed E-state index contributed by atoms with van der Waals surface area (Å²) >= 11 is 0. The second-order valence-electron chi connectivity index (χ2n) is 4.09. The molecule has 0 aliphatic carbocycles. The van der Waals surface area contributed by atoms with Gasteiger partial charge in [-0.25, -0.2) is 0 Å². The van der Waals surface area contributed by atoms with Crippen LogP contribution < -0.4 is 5.32 Å². The van der Waals surface area contributed by atoms with E-state index in [1.165, 1.54) is 0 Å². The Hall–Kier alpha value is -0.610. The first-order valence-corrected chi connectivity index (χ1v) is 5.36. The van der Waals surface area contributed by atoms with E-state index >= 15 is 0 Å². The standard InChI is InChI=1S/C10H18N2O2/c1-3-12-9(13)8(2)11-10(12)4-6-14-7-5-10/h8,11H,3-7H2,1-2H3. The van der Waals surface area contributed by atoms with Gasteiger partial charge >= 0.3 is 0 Å². The molecule has 2 fully saturated rings. The van der Waals surface area contributed by atoms with Crippen LogP contribution in [0.25, 0.3) is 0 Å². The van der Waals surface area contributed by atoms with Gasteiger partial charge < -0.3 is 9.64 Å². The van der Waals surface area contributed by atoms with Gasteiger partial charge in [0.25, 0.3) is 0 Å². The summed E-state index contributed by atoms with van der Waals surface area (Å²) < 4.78 is 5.34. The maximum atomic E-state index is 11.8. The number of hydrogen-bond donors (Lipinski definition) is 1. The first-order valence-electron chi connectivity index (χ1n) is 5.36. The van der Waals surface area contributed by atoms with Crippen LogP contribution in [0.2, 0.25) is 0 Å². The zero-order valence-electron chi connectivity index (χ0n) is 8.88. The van der Waals surface area contributed by atoms with Crippen LogP contribution in [0.3, 0.4) is 0 Å². The Bertz CT molecular complexity index is 236. The molecule has 1 spiro atoms. The Morgan fingerprint density at radius 2 is 2.21 bits per heavy atom. The highest BCUT2D eigenvalue weighted by Gasteiger charge is 2.48. The number of rotatable bonds is 1. The summed E-state index contributed by atoms with van der Waals surface area (Å²) in [7, 11) is 0. The number of carbonyl (C=O) groups excluding carboxylic acids is 1. The molecule has 1 unspecified atom stereocenters. The summed E-state index contributed by atoms with van der Waals surface area (Å²) in [5.74, 6) is 0.231. The molecule has 2 aliphatic rings. The number of carbonyl (C=O) groups is 1. The van der Waals surface area contributed by atoms with Gasteiger partial charge in [-0.15, -0.1) is 0 Å². The third-order valence-corrected chi connectivity index (χ3v) is 3.27. The fourth-order valence-corrected chi connectivity index (χ4v) is 2.57. The fourth-order valence-electron chi connectivity index (χ4n) is 2.57. The average molecular weight is 198 g/mol. The van der Waals surface area contributed by atoms with Gasteiger partial charge in [0.1, 0.15) is 0 Å². The van der Waals surface area contributed by atoms with Crippen molar-refractivity contribution in [3.8, 4) is 0 Å². The van der Waals surface area contributed by atoms with Crippen LogP contribution in [0.15, 0.2) is 0 Å². The van der Waals surface area contributed by atoms with Crippen molar-refractivity contribution in [3.63, 3.8) is 0 Å². The molecule has 1 atom stereocenters. The molecule has 2 rings (SSSR count). The topological polar surface area (TPSA) is 41.6 Å². The van der Waals surface area contributed by atoms with Crippen LogP contribution in [-0.2, 0) is 9.53 Å². The molecule has 4 heteroatoms. The number of nitrogens with one attached hydrogen (secondary N) is 1. The smallest absolute Gasteiger partial charge is 0.240 e. The molecule has 0 aromatic heterocycles. The van der Waals surface area contributed by atoms with Crippen molar-refractivity contribution in [1.82, 2.24) is 10.2 Å². The Labute approximate surface area is 84.6 Å². The van der Waals surface area contributed by atoms with Crippen molar-refractivity contribution in [2.75, 3.05) is 19.8 Å². The maximum absolute atomic E-state index is 11.8. The minimum atomic E-state index is -0.108. The van der Waals surface area contributed by atoms with Crippen molar-refractivity contribution in [1.29, 1.82) is 0 Å². The minimum absolute atomic E-state index is 0.0342. The van der Waals surface area contributed by atoms with Gasteiger partial charge in [-0.3, -0.25) is 10.1 Å². The van der Waals surface area contributed by atoms with Gasteiger partial charge in [0, 0.05) is 19.4 Å². The predicted octanol–water partition coefficient (Wildman–Crippen LogP) is 0.333. The van der Waals surface area contributed by atoms with Gasteiger partial charge in [0.2, 0.25) is 5.91 Å². The molecule has 80 valence electrons. The molecule has 2 heterocycles. The van der Waals surface area contributed by atoms with Gasteiger partial charge in [0.05, 0.1) is 24.9 Å². The lowest BCUT2D eigenvalue weighted by atomic mass is 10.00. The zero-order chi connectivity index (χ0) is 10.2. The van der Waals surface area contributed by atoms with E-state index in [-0.39, 0.29) is 17.6 Å². The molecule has 0 aromatic rings. The number of likely N-dealkylation sites (N-methyl/N-ethyl adjacent to an activating group) is 1. The van der Waals surface area contributed by atoms with Crippen LogP contribution in [0.4, 0.5) is 0 Å². The summed E-state index contributed by atoms with van der Waals surface area (Å²) in [6.45, 7) is 6.27. The molecular formula is C10H18N2O2. The van der Waals surface area contributed by atoms with E-state index < -0.39 is 0 Å². The number of hydrogen-bond acceptors (Lipinski definition) is 3. The average Bonchev–Trinajstić information content (AvgIpc) is 2.40. The molecule has 1 N–H and O–H groups in total. The second kappa shape index (κ2) is 3.51. The molecule has 0 saturated carbocycles. The Morgan fingerprint density at radius 3 is 2.79 bits per heavy atom. The summed E-state index contributed by atoms with van der Waals surface area (Å²) in [6.07, 6.45) is 1.83. The molecule has 0 bridgehead atoms. The highest BCUT2D eigenvalue weighted by atomic mass is 16.5. The largest absolute Gasteiger partial charge is 0.381 e. The monoisotopic (exact) mass is 198 g/mol. The quantitative estimate of drug-likeness (QED) is 0.660. The van der Waals surface area contributed by atoms with E-state index in [1.807, 2.05) is 18.7 Å². The van der Waals surface area contributed by atoms with Crippen molar-refractivity contribution < 1.29 is 9.53 Å². The van der Waals surface area contributed by atoms with Crippen molar-refractivity contribution in [2.24, 2.45) is 0 Å². The van der Waals surface area contributed by atoms with Crippen LogP contribution in [0, 0.1) is 0 Å². The maximum Gasteiger partial charge on any atom is 0.240 e. The van der Waals surface area contributed by atoms with Crippen molar-refractivity contribution in [3.05, 3.63) is 0 Å². The fraction of sp³-hybridized carbons (Fsp3) is 0.900. The highest BCUT2D eigenvalue weighted by molar-refractivity contribution is 5.84. The third-order valence-electron chi connectivity index (χ3n) is 3.27. The number of nitrogens with zero attached hydrogens (tertiary/aromatic N) is 1. The summed E-state index contributed by atoms with van der Waals surface area (Å²) in [6, 6.07) is -0.0342. The normalized spacial score (nSPS) is 31.4. The molecular weight excluding hydrogens is 180 g/mol. The third kappa shape index (κ3) is 1.33. The second-order valence-corrected chi connectivity index (χ2v) is 4.09. The number of ether oxygens (including phenoxy) is 1. The van der Waals surface area contributed by atoms with E-state index in [0.29, 0.717) is 0 Å². The highest BCUT2D eigenvalue weighted by Crippen LogP contribution is 2.30. The summed E-state index contributed by atoms with van der Waals surface area (Å²) in [5.41, 5.74) is -0.108. The lowest BCUT2D eigenvalue weighted by molar-refractivity contribution is -0.134. The van der Waals surface area contributed by atoms with Gasteiger partial charge in [-0.1, -0.05) is 0 Å². The van der Waals surface area contributed by atoms with Crippen LogP contribution in [0.5, 0.6) is 0 Å². The Kier molecular flexibility index (Phi) is 2.49. The molecule has 14 heavy (non-hydrogen) atoms. The van der Waals surface area contributed by atoms with E-state index in [1.54, 1.807) is 0 Å². The van der Waals surface area contributed by atoms with Crippen molar-refractivity contribution in [2.45, 2.75) is 38.4 Å². The first kappa shape index (κ1) is 9.93. The number of amides is 1. The van der Waals surface area contributed by atoms with Crippen LogP contribution in [0.1, 0.15) is 26.7 Å². The van der Waals surface area contributed by atoms with Crippen molar-refractivity contribution >= 4 is 5.91 Å². The summed E-state index contributed by atoms with van der Waals surface area (Å²) in [4.78, 5) is 13.8. The Balaban J connectivity index is 2.20. The predicted molar refractivity (Wildman–Crippen MR) is 52.8 cm³/mol. The van der Waals surface area contributed by atoms with E-state index in [4.69, 9.17) is 4.74 Å².